The number of carbonyl (C=O) groups excluding carboxylic acids is 1. The Balaban J connectivity index is 2.20. The molecule has 0 spiro atoms. The minimum absolute atomic E-state index is 0.0996. The maximum absolute atomic E-state index is 13.7. The van der Waals surface area contributed by atoms with Crippen molar-refractivity contribution < 1.29 is 13.9 Å². The van der Waals surface area contributed by atoms with Gasteiger partial charge in [-0.3, -0.25) is 0 Å². The zero-order valence-electron chi connectivity index (χ0n) is 11.3. The van der Waals surface area contributed by atoms with Gasteiger partial charge >= 0.3 is 5.97 Å². The molecule has 0 aliphatic carbocycles. The number of nitrogens with zero attached hydrogens (tertiary/aromatic N) is 2. The third-order valence-electron chi connectivity index (χ3n) is 2.84. The van der Waals surface area contributed by atoms with E-state index in [9.17, 15) is 9.18 Å². The van der Waals surface area contributed by atoms with Gasteiger partial charge in [0.05, 0.1) is 18.2 Å². The summed E-state index contributed by atoms with van der Waals surface area (Å²) in [5, 5.41) is 11.8. The number of aromatic nitrogens is 1. The lowest BCUT2D eigenvalue weighted by Crippen LogP contribution is -2.08. The van der Waals surface area contributed by atoms with Gasteiger partial charge in [0.25, 0.3) is 0 Å². The van der Waals surface area contributed by atoms with Crippen molar-refractivity contribution >= 4 is 11.8 Å². The van der Waals surface area contributed by atoms with Gasteiger partial charge in [-0.05, 0) is 30.3 Å². The minimum atomic E-state index is -0.535. The van der Waals surface area contributed by atoms with Crippen LogP contribution < -0.4 is 5.32 Å². The first-order chi connectivity index (χ1) is 10.2. The zero-order chi connectivity index (χ0) is 15.2. The third kappa shape index (κ3) is 3.34. The molecule has 0 fully saturated rings. The van der Waals surface area contributed by atoms with Gasteiger partial charge in [0, 0.05) is 18.3 Å². The van der Waals surface area contributed by atoms with Crippen LogP contribution in [0.2, 0.25) is 0 Å². The molecule has 0 unspecified atom stereocenters. The Kier molecular flexibility index (Phi) is 4.46. The number of rotatable bonds is 4. The van der Waals surface area contributed by atoms with Crippen LogP contribution in [-0.4, -0.2) is 18.1 Å². The van der Waals surface area contributed by atoms with Gasteiger partial charge in [-0.15, -0.1) is 0 Å². The van der Waals surface area contributed by atoms with E-state index in [1.54, 1.807) is 12.1 Å². The van der Waals surface area contributed by atoms with Gasteiger partial charge in [0.15, 0.2) is 0 Å². The van der Waals surface area contributed by atoms with Crippen LogP contribution in [0, 0.1) is 17.1 Å². The Hall–Kier alpha value is -2.94. The molecule has 6 heteroatoms. The van der Waals surface area contributed by atoms with Crippen molar-refractivity contribution in [3.05, 3.63) is 59.0 Å². The van der Waals surface area contributed by atoms with Crippen LogP contribution in [0.3, 0.4) is 0 Å². The summed E-state index contributed by atoms with van der Waals surface area (Å²) in [6, 6.07) is 9.20. The predicted molar refractivity (Wildman–Crippen MR) is 74.0 cm³/mol. The van der Waals surface area contributed by atoms with E-state index in [1.165, 1.54) is 31.5 Å². The van der Waals surface area contributed by atoms with Crippen LogP contribution in [-0.2, 0) is 11.3 Å². The van der Waals surface area contributed by atoms with Crippen LogP contribution in [0.4, 0.5) is 10.2 Å². The van der Waals surface area contributed by atoms with E-state index in [1.807, 2.05) is 6.07 Å². The lowest BCUT2D eigenvalue weighted by Gasteiger charge is -2.09. The first-order valence-corrected chi connectivity index (χ1v) is 6.11. The summed E-state index contributed by atoms with van der Waals surface area (Å²) in [7, 11) is 1.26. The Morgan fingerprint density at radius 1 is 1.48 bits per heavy atom. The molecule has 1 N–H and O–H groups in total. The summed E-state index contributed by atoms with van der Waals surface area (Å²) in [4.78, 5) is 15.5. The van der Waals surface area contributed by atoms with Gasteiger partial charge in [0.1, 0.15) is 17.7 Å². The smallest absolute Gasteiger partial charge is 0.337 e. The molecular formula is C15H12FN3O2. The summed E-state index contributed by atoms with van der Waals surface area (Å²) in [5.74, 6) is -0.626. The van der Waals surface area contributed by atoms with Crippen LogP contribution in [0.5, 0.6) is 0 Å². The van der Waals surface area contributed by atoms with Gasteiger partial charge in [-0.1, -0.05) is 0 Å². The SMILES string of the molecule is COC(=O)c1ccc(F)c(CNc2ncccc2C#N)c1. The van der Waals surface area contributed by atoms with E-state index < -0.39 is 11.8 Å². The molecule has 1 heterocycles. The van der Waals surface area contributed by atoms with E-state index in [-0.39, 0.29) is 17.7 Å². The maximum atomic E-state index is 13.7. The van der Waals surface area contributed by atoms with E-state index in [0.717, 1.165) is 0 Å². The van der Waals surface area contributed by atoms with Crippen molar-refractivity contribution in [2.45, 2.75) is 6.54 Å². The number of halogens is 1. The summed E-state index contributed by atoms with van der Waals surface area (Å²) < 4.78 is 18.3. The predicted octanol–water partition coefficient (Wildman–Crippen LogP) is 2.49. The molecule has 0 atom stereocenters. The summed E-state index contributed by atoms with van der Waals surface area (Å²) in [6.45, 7) is 0.0996. The fraction of sp³-hybridized carbons (Fsp3) is 0.133. The molecule has 0 aliphatic rings. The Morgan fingerprint density at radius 3 is 3.00 bits per heavy atom. The number of ether oxygens (including phenoxy) is 1. The lowest BCUT2D eigenvalue weighted by molar-refractivity contribution is 0.0600. The van der Waals surface area contributed by atoms with E-state index in [0.29, 0.717) is 11.4 Å². The van der Waals surface area contributed by atoms with Gasteiger partial charge in [0.2, 0.25) is 0 Å². The first-order valence-electron chi connectivity index (χ1n) is 6.11. The highest BCUT2D eigenvalue weighted by Gasteiger charge is 2.10. The van der Waals surface area contributed by atoms with E-state index in [4.69, 9.17) is 5.26 Å². The highest BCUT2D eigenvalue weighted by atomic mass is 19.1. The van der Waals surface area contributed by atoms with Gasteiger partial charge in [-0.2, -0.15) is 5.26 Å². The molecule has 1 aromatic heterocycles. The number of benzene rings is 1. The van der Waals surface area contributed by atoms with Crippen molar-refractivity contribution in [2.75, 3.05) is 12.4 Å². The number of nitrogens with one attached hydrogen (secondary N) is 1. The maximum Gasteiger partial charge on any atom is 0.337 e. The number of nitriles is 1. The number of carbonyl (C=O) groups is 1. The highest BCUT2D eigenvalue weighted by Crippen LogP contribution is 2.15. The van der Waals surface area contributed by atoms with Gasteiger partial charge in [-0.25, -0.2) is 14.2 Å². The molecule has 0 aliphatic heterocycles. The summed E-state index contributed by atoms with van der Waals surface area (Å²) >= 11 is 0. The Bertz CT molecular complexity index is 710. The van der Waals surface area contributed by atoms with Crippen LogP contribution in [0.1, 0.15) is 21.5 Å². The molecule has 106 valence electrons. The number of hydrogen-bond donors (Lipinski definition) is 1. The van der Waals surface area contributed by atoms with Crippen LogP contribution in [0.15, 0.2) is 36.5 Å². The monoisotopic (exact) mass is 285 g/mol. The van der Waals surface area contributed by atoms with Crippen LogP contribution in [0.25, 0.3) is 0 Å². The van der Waals surface area contributed by atoms with Crippen molar-refractivity contribution in [2.24, 2.45) is 0 Å². The number of hydrogen-bond acceptors (Lipinski definition) is 5. The molecule has 21 heavy (non-hydrogen) atoms. The molecule has 0 amide bonds. The van der Waals surface area contributed by atoms with Crippen LogP contribution >= 0.6 is 0 Å². The molecule has 0 saturated heterocycles. The van der Waals surface area contributed by atoms with Crippen molar-refractivity contribution in [3.63, 3.8) is 0 Å². The third-order valence-corrected chi connectivity index (χ3v) is 2.84. The standard InChI is InChI=1S/C15H12FN3O2/c1-21-15(20)10-4-5-13(16)12(7-10)9-19-14-11(8-17)3-2-6-18-14/h2-7H,9H2,1H3,(H,18,19). The van der Waals surface area contributed by atoms with Crippen molar-refractivity contribution in [1.29, 1.82) is 5.26 Å². The lowest BCUT2D eigenvalue weighted by atomic mass is 10.1. The normalized spacial score (nSPS) is 9.76. The van der Waals surface area contributed by atoms with Crippen molar-refractivity contribution in [1.82, 2.24) is 4.98 Å². The average Bonchev–Trinajstić information content (AvgIpc) is 2.53. The number of methoxy groups -OCH3 is 1. The first kappa shape index (κ1) is 14.5. The molecule has 2 rings (SSSR count). The Morgan fingerprint density at radius 2 is 2.29 bits per heavy atom. The largest absolute Gasteiger partial charge is 0.465 e. The molecule has 0 saturated carbocycles. The van der Waals surface area contributed by atoms with Crippen molar-refractivity contribution in [3.8, 4) is 6.07 Å². The molecule has 1 aromatic carbocycles. The number of anilines is 1. The van der Waals surface area contributed by atoms with E-state index >= 15 is 0 Å². The second-order valence-electron chi connectivity index (χ2n) is 4.16. The molecule has 2 aromatic rings. The van der Waals surface area contributed by atoms with E-state index in [2.05, 4.69) is 15.0 Å². The summed E-state index contributed by atoms with van der Waals surface area (Å²) in [5.41, 5.74) is 0.909. The zero-order valence-corrected chi connectivity index (χ0v) is 11.3. The molecular weight excluding hydrogens is 273 g/mol. The minimum Gasteiger partial charge on any atom is -0.465 e. The highest BCUT2D eigenvalue weighted by molar-refractivity contribution is 5.89. The number of esters is 1. The fourth-order valence-corrected chi connectivity index (χ4v) is 1.77. The Labute approximate surface area is 121 Å². The average molecular weight is 285 g/mol. The topological polar surface area (TPSA) is 75.0 Å². The van der Waals surface area contributed by atoms with Gasteiger partial charge < -0.3 is 10.1 Å². The number of pyridine rings is 1. The summed E-state index contributed by atoms with van der Waals surface area (Å²) in [6.07, 6.45) is 1.53. The quantitative estimate of drug-likeness (QED) is 0.873. The molecule has 5 nitrogen and oxygen atoms in total. The second kappa shape index (κ2) is 6.48. The fourth-order valence-electron chi connectivity index (χ4n) is 1.77. The molecule has 0 bridgehead atoms. The second-order valence-corrected chi connectivity index (χ2v) is 4.16. The molecule has 0 radical (unpaired) electrons.